The van der Waals surface area contributed by atoms with Gasteiger partial charge in [-0.3, -0.25) is 0 Å². The second-order valence-corrected chi connectivity index (χ2v) is 7.16. The lowest BCUT2D eigenvalue weighted by atomic mass is 10.3. The first kappa shape index (κ1) is 18.4. The van der Waals surface area contributed by atoms with Gasteiger partial charge in [-0.2, -0.15) is 0 Å². The second kappa shape index (κ2) is 7.59. The number of ether oxygens (including phenoxy) is 1. The third-order valence-electron chi connectivity index (χ3n) is 4.19. The van der Waals surface area contributed by atoms with Crippen LogP contribution in [0.25, 0.3) is 5.65 Å². The summed E-state index contributed by atoms with van der Waals surface area (Å²) in [7, 11) is 1.82. The molecule has 0 aliphatic rings. The van der Waals surface area contributed by atoms with Crippen LogP contribution in [0.3, 0.4) is 0 Å². The lowest BCUT2D eigenvalue weighted by Gasteiger charge is -2.14. The average Bonchev–Trinajstić information content (AvgIpc) is 3.25. The minimum Gasteiger partial charge on any atom is -0.480 e. The van der Waals surface area contributed by atoms with Crippen molar-refractivity contribution in [1.29, 1.82) is 0 Å². The van der Waals surface area contributed by atoms with Crippen LogP contribution >= 0.6 is 11.8 Å². The number of fused-ring (bicyclic) bond motifs is 1. The number of halogens is 2. The number of imidazole rings is 1. The maximum absolute atomic E-state index is 13.8. The Morgan fingerprint density at radius 3 is 2.82 bits per heavy atom. The number of nitrogens with zero attached hydrogens (tertiary/aromatic N) is 5. The summed E-state index contributed by atoms with van der Waals surface area (Å²) in [5, 5.41) is 9.05. The fraction of sp³-hybridized carbons (Fsp3) is 0.211. The quantitative estimate of drug-likeness (QED) is 0.454. The zero-order chi connectivity index (χ0) is 19.7. The van der Waals surface area contributed by atoms with Gasteiger partial charge in [0.05, 0.1) is 5.69 Å². The van der Waals surface area contributed by atoms with Gasteiger partial charge in [-0.15, -0.1) is 10.2 Å². The lowest BCUT2D eigenvalue weighted by molar-refractivity contribution is 0.201. The Labute approximate surface area is 164 Å². The van der Waals surface area contributed by atoms with E-state index in [2.05, 4.69) is 15.2 Å². The van der Waals surface area contributed by atoms with E-state index in [1.807, 2.05) is 42.0 Å². The molecule has 3 aromatic heterocycles. The molecule has 1 unspecified atom stereocenters. The van der Waals surface area contributed by atoms with Gasteiger partial charge in [0, 0.05) is 31.3 Å². The van der Waals surface area contributed by atoms with Crippen LogP contribution in [0, 0.1) is 11.6 Å². The molecule has 1 atom stereocenters. The zero-order valence-corrected chi connectivity index (χ0v) is 16.0. The van der Waals surface area contributed by atoms with Crippen LogP contribution in [0.2, 0.25) is 0 Å². The third kappa shape index (κ3) is 3.70. The SMILES string of the molecule is CC(Oc1ccc(F)cc1F)c1nnc(SCc2cn3ccccc3n2)n1C. The topological polar surface area (TPSA) is 57.2 Å². The van der Waals surface area contributed by atoms with Crippen molar-refractivity contribution in [2.45, 2.75) is 23.9 Å². The van der Waals surface area contributed by atoms with Gasteiger partial charge in [0.25, 0.3) is 0 Å². The number of hydrogen-bond donors (Lipinski definition) is 0. The van der Waals surface area contributed by atoms with E-state index in [-0.39, 0.29) is 5.75 Å². The maximum atomic E-state index is 13.8. The second-order valence-electron chi connectivity index (χ2n) is 6.22. The summed E-state index contributed by atoms with van der Waals surface area (Å²) in [6.07, 6.45) is 3.37. The molecule has 0 radical (unpaired) electrons. The van der Waals surface area contributed by atoms with E-state index in [9.17, 15) is 8.78 Å². The zero-order valence-electron chi connectivity index (χ0n) is 15.2. The largest absolute Gasteiger partial charge is 0.480 e. The Morgan fingerprint density at radius 1 is 1.18 bits per heavy atom. The first-order valence-corrected chi connectivity index (χ1v) is 9.56. The van der Waals surface area contributed by atoms with Gasteiger partial charge in [-0.25, -0.2) is 13.8 Å². The molecule has 0 aliphatic carbocycles. The van der Waals surface area contributed by atoms with E-state index in [4.69, 9.17) is 4.74 Å². The Morgan fingerprint density at radius 2 is 2.04 bits per heavy atom. The predicted molar refractivity (Wildman–Crippen MR) is 101 cm³/mol. The highest BCUT2D eigenvalue weighted by atomic mass is 32.2. The fourth-order valence-corrected chi connectivity index (χ4v) is 3.62. The first-order valence-electron chi connectivity index (χ1n) is 8.57. The van der Waals surface area contributed by atoms with Crippen LogP contribution in [-0.4, -0.2) is 24.1 Å². The smallest absolute Gasteiger partial charge is 0.191 e. The van der Waals surface area contributed by atoms with Crippen molar-refractivity contribution in [2.75, 3.05) is 0 Å². The molecule has 0 fully saturated rings. The molecule has 0 saturated heterocycles. The molecule has 1 aromatic carbocycles. The molecule has 4 rings (SSSR count). The van der Waals surface area contributed by atoms with Gasteiger partial charge < -0.3 is 13.7 Å². The lowest BCUT2D eigenvalue weighted by Crippen LogP contribution is -2.11. The van der Waals surface area contributed by atoms with Crippen molar-refractivity contribution in [2.24, 2.45) is 7.05 Å². The monoisotopic (exact) mass is 401 g/mol. The Bertz CT molecular complexity index is 1090. The normalized spacial score (nSPS) is 12.4. The molecule has 3 heterocycles. The molecular formula is C19H17F2N5OS. The minimum absolute atomic E-state index is 0.0317. The average molecular weight is 401 g/mol. The van der Waals surface area contributed by atoms with Gasteiger partial charge in [0.15, 0.2) is 28.7 Å². The van der Waals surface area contributed by atoms with E-state index in [1.165, 1.54) is 17.8 Å². The summed E-state index contributed by atoms with van der Waals surface area (Å²) in [5.41, 5.74) is 1.82. The minimum atomic E-state index is -0.754. The Hall–Kier alpha value is -2.94. The van der Waals surface area contributed by atoms with Crippen LogP contribution < -0.4 is 4.74 Å². The van der Waals surface area contributed by atoms with Crippen molar-refractivity contribution in [3.63, 3.8) is 0 Å². The molecule has 0 aliphatic heterocycles. The van der Waals surface area contributed by atoms with E-state index in [1.54, 1.807) is 11.5 Å². The molecule has 0 bridgehead atoms. The summed E-state index contributed by atoms with van der Waals surface area (Å²) in [5.74, 6) is -0.260. The van der Waals surface area contributed by atoms with Crippen LogP contribution in [0.1, 0.15) is 24.5 Å². The molecule has 0 spiro atoms. The third-order valence-corrected chi connectivity index (χ3v) is 5.25. The number of hydrogen-bond acceptors (Lipinski definition) is 5. The van der Waals surface area contributed by atoms with Crippen molar-refractivity contribution < 1.29 is 13.5 Å². The number of pyridine rings is 1. The van der Waals surface area contributed by atoms with Crippen molar-refractivity contribution in [3.8, 4) is 5.75 Å². The molecule has 0 N–H and O–H groups in total. The predicted octanol–water partition coefficient (Wildman–Crippen LogP) is 4.17. The van der Waals surface area contributed by atoms with E-state index < -0.39 is 17.7 Å². The summed E-state index contributed by atoms with van der Waals surface area (Å²) < 4.78 is 36.2. The molecule has 0 saturated carbocycles. The molecule has 6 nitrogen and oxygen atoms in total. The molecule has 0 amide bonds. The number of thioether (sulfide) groups is 1. The van der Waals surface area contributed by atoms with Crippen molar-refractivity contribution in [1.82, 2.24) is 24.1 Å². The molecule has 28 heavy (non-hydrogen) atoms. The summed E-state index contributed by atoms with van der Waals surface area (Å²) >= 11 is 1.50. The molecular weight excluding hydrogens is 384 g/mol. The Balaban J connectivity index is 1.45. The summed E-state index contributed by atoms with van der Waals surface area (Å²) in [4.78, 5) is 4.56. The van der Waals surface area contributed by atoms with Crippen LogP contribution in [0.15, 0.2) is 53.9 Å². The molecule has 4 aromatic rings. The van der Waals surface area contributed by atoms with Gasteiger partial charge in [0.2, 0.25) is 0 Å². The van der Waals surface area contributed by atoms with Crippen molar-refractivity contribution >= 4 is 17.4 Å². The highest BCUT2D eigenvalue weighted by molar-refractivity contribution is 7.98. The number of benzene rings is 1. The molecule has 9 heteroatoms. The number of rotatable bonds is 6. The summed E-state index contributed by atoms with van der Waals surface area (Å²) in [6, 6.07) is 9.04. The fourth-order valence-electron chi connectivity index (χ4n) is 2.82. The highest BCUT2D eigenvalue weighted by Gasteiger charge is 2.19. The van der Waals surface area contributed by atoms with Crippen LogP contribution in [0.4, 0.5) is 8.78 Å². The van der Waals surface area contributed by atoms with Crippen LogP contribution in [0.5, 0.6) is 5.75 Å². The van der Waals surface area contributed by atoms with Gasteiger partial charge >= 0.3 is 0 Å². The maximum Gasteiger partial charge on any atom is 0.191 e. The Kier molecular flexibility index (Phi) is 4.99. The van der Waals surface area contributed by atoms with E-state index in [0.717, 1.165) is 23.5 Å². The molecule has 144 valence electrons. The first-order chi connectivity index (χ1) is 13.5. The number of aromatic nitrogens is 5. The van der Waals surface area contributed by atoms with Gasteiger partial charge in [-0.1, -0.05) is 17.8 Å². The van der Waals surface area contributed by atoms with E-state index >= 15 is 0 Å². The van der Waals surface area contributed by atoms with Gasteiger partial charge in [-0.05, 0) is 31.2 Å². The summed E-state index contributed by atoms with van der Waals surface area (Å²) in [6.45, 7) is 1.74. The van der Waals surface area contributed by atoms with Crippen molar-refractivity contribution in [3.05, 3.63) is 71.9 Å². The van der Waals surface area contributed by atoms with Crippen LogP contribution in [-0.2, 0) is 12.8 Å². The van der Waals surface area contributed by atoms with E-state index in [0.29, 0.717) is 16.7 Å². The standard InChI is InChI=1S/C19H17F2N5OS/c1-12(27-16-7-6-13(20)9-15(16)21)18-23-24-19(25(18)2)28-11-14-10-26-8-4-3-5-17(26)22-14/h3-10,12H,11H2,1-2H3. The van der Waals surface area contributed by atoms with Gasteiger partial charge in [0.1, 0.15) is 11.5 Å². The highest BCUT2D eigenvalue weighted by Crippen LogP contribution is 2.27.